The highest BCUT2D eigenvalue weighted by Gasteiger charge is 2.16. The number of hydrogen-bond donors (Lipinski definition) is 2. The third kappa shape index (κ3) is 5.21. The third-order valence-corrected chi connectivity index (χ3v) is 3.62. The normalized spacial score (nSPS) is 14.2. The molecule has 0 aliphatic carbocycles. The Balaban J connectivity index is 2.44. The predicted molar refractivity (Wildman–Crippen MR) is 82.6 cm³/mol. The first-order valence-corrected chi connectivity index (χ1v) is 7.20. The fourth-order valence-electron chi connectivity index (χ4n) is 2.28. The van der Waals surface area contributed by atoms with Crippen molar-refractivity contribution in [1.82, 2.24) is 0 Å². The third-order valence-electron chi connectivity index (χ3n) is 3.62. The van der Waals surface area contributed by atoms with Gasteiger partial charge in [0.25, 0.3) is 0 Å². The lowest BCUT2D eigenvalue weighted by atomic mass is 9.97. The van der Waals surface area contributed by atoms with Gasteiger partial charge in [-0.05, 0) is 51.7 Å². The van der Waals surface area contributed by atoms with Gasteiger partial charge in [0.15, 0.2) is 0 Å². The van der Waals surface area contributed by atoms with Crippen molar-refractivity contribution in [3.8, 4) is 0 Å². The van der Waals surface area contributed by atoms with Crippen LogP contribution < -0.4 is 10.6 Å². The van der Waals surface area contributed by atoms with Gasteiger partial charge in [-0.15, -0.1) is 0 Å². The maximum atomic E-state index is 9.13. The molecule has 19 heavy (non-hydrogen) atoms. The minimum atomic E-state index is -0.431. The summed E-state index contributed by atoms with van der Waals surface area (Å²) in [6, 6.07) is 8.50. The van der Waals surface area contributed by atoms with Crippen LogP contribution in [0.3, 0.4) is 0 Å². The molecule has 1 unspecified atom stereocenters. The van der Waals surface area contributed by atoms with Gasteiger partial charge in [-0.2, -0.15) is 0 Å². The summed E-state index contributed by atoms with van der Waals surface area (Å²) < 4.78 is 0. The highest BCUT2D eigenvalue weighted by molar-refractivity contribution is 5.52. The van der Waals surface area contributed by atoms with E-state index >= 15 is 0 Å². The number of nitrogens with zero attached hydrogens (tertiary/aromatic N) is 1. The molecule has 0 bridgehead atoms. The van der Waals surface area contributed by atoms with Crippen molar-refractivity contribution < 1.29 is 5.11 Å². The summed E-state index contributed by atoms with van der Waals surface area (Å²) in [4.78, 5) is 2.40. The highest BCUT2D eigenvalue weighted by atomic mass is 16.3. The minimum absolute atomic E-state index is 0.0578. The Hall–Kier alpha value is -1.06. The number of rotatable bonds is 8. The molecule has 0 aliphatic heterocycles. The van der Waals surface area contributed by atoms with Crippen LogP contribution in [0.1, 0.15) is 38.7 Å². The number of aliphatic hydroxyl groups excluding tert-OH is 1. The van der Waals surface area contributed by atoms with Crippen LogP contribution in [0.5, 0.6) is 0 Å². The average molecular weight is 264 g/mol. The van der Waals surface area contributed by atoms with Crippen LogP contribution in [0, 0.1) is 6.92 Å². The summed E-state index contributed by atoms with van der Waals surface area (Å²) in [5.74, 6) is 0. The standard InChI is InChI=1S/C16H28N2O/c1-4-18(15-10-6-5-9-14(15)2)12-8-7-11-16(3,17)13-19/h5-6,9-10,19H,4,7-8,11-13,17H2,1-3H3. The molecule has 1 atom stereocenters. The van der Waals surface area contributed by atoms with Crippen molar-refractivity contribution in [1.29, 1.82) is 0 Å². The summed E-state index contributed by atoms with van der Waals surface area (Å²) in [5.41, 5.74) is 8.15. The zero-order chi connectivity index (χ0) is 14.3. The molecule has 1 aromatic rings. The second-order valence-electron chi connectivity index (χ2n) is 5.64. The van der Waals surface area contributed by atoms with E-state index < -0.39 is 5.54 Å². The maximum absolute atomic E-state index is 9.13. The van der Waals surface area contributed by atoms with E-state index in [0.29, 0.717) is 0 Å². The Labute approximate surface area is 117 Å². The molecule has 0 aliphatic rings. The molecule has 0 saturated carbocycles. The van der Waals surface area contributed by atoms with E-state index in [1.54, 1.807) is 0 Å². The van der Waals surface area contributed by atoms with Gasteiger partial charge in [-0.25, -0.2) is 0 Å². The van der Waals surface area contributed by atoms with E-state index in [2.05, 4.69) is 43.0 Å². The van der Waals surface area contributed by atoms with Crippen molar-refractivity contribution in [2.45, 2.75) is 45.6 Å². The van der Waals surface area contributed by atoms with Crippen LogP contribution in [0.2, 0.25) is 0 Å². The summed E-state index contributed by atoms with van der Waals surface area (Å²) in [7, 11) is 0. The Morgan fingerprint density at radius 2 is 1.95 bits per heavy atom. The van der Waals surface area contributed by atoms with E-state index in [4.69, 9.17) is 10.8 Å². The van der Waals surface area contributed by atoms with E-state index in [9.17, 15) is 0 Å². The number of hydrogen-bond acceptors (Lipinski definition) is 3. The average Bonchev–Trinajstić information content (AvgIpc) is 2.40. The monoisotopic (exact) mass is 264 g/mol. The molecule has 0 amide bonds. The fourth-order valence-corrected chi connectivity index (χ4v) is 2.28. The van der Waals surface area contributed by atoms with Gasteiger partial charge in [-0.1, -0.05) is 18.2 Å². The van der Waals surface area contributed by atoms with Crippen molar-refractivity contribution in [2.75, 3.05) is 24.6 Å². The smallest absolute Gasteiger partial charge is 0.0608 e. The Morgan fingerprint density at radius 1 is 1.26 bits per heavy atom. The van der Waals surface area contributed by atoms with Gasteiger partial charge in [-0.3, -0.25) is 0 Å². The zero-order valence-corrected chi connectivity index (χ0v) is 12.5. The molecule has 0 saturated heterocycles. The quantitative estimate of drug-likeness (QED) is 0.710. The SMILES string of the molecule is CCN(CCCCC(C)(N)CO)c1ccccc1C. The second-order valence-corrected chi connectivity index (χ2v) is 5.64. The molecular weight excluding hydrogens is 236 g/mol. The number of anilines is 1. The predicted octanol–water partition coefficient (Wildman–Crippen LogP) is 2.70. The molecule has 1 rings (SSSR count). The maximum Gasteiger partial charge on any atom is 0.0608 e. The van der Waals surface area contributed by atoms with Crippen molar-refractivity contribution >= 4 is 5.69 Å². The topological polar surface area (TPSA) is 49.5 Å². The largest absolute Gasteiger partial charge is 0.394 e. The first kappa shape index (κ1) is 16.0. The number of aryl methyl sites for hydroxylation is 1. The van der Waals surface area contributed by atoms with E-state index in [1.807, 2.05) is 6.92 Å². The number of benzene rings is 1. The Kier molecular flexibility index (Phi) is 6.32. The van der Waals surface area contributed by atoms with Crippen molar-refractivity contribution in [3.05, 3.63) is 29.8 Å². The lowest BCUT2D eigenvalue weighted by molar-refractivity contribution is 0.197. The minimum Gasteiger partial charge on any atom is -0.394 e. The first-order chi connectivity index (χ1) is 9.00. The molecule has 0 radical (unpaired) electrons. The molecule has 0 spiro atoms. The molecule has 1 aromatic carbocycles. The van der Waals surface area contributed by atoms with E-state index in [0.717, 1.165) is 32.4 Å². The van der Waals surface area contributed by atoms with Gasteiger partial charge in [0.2, 0.25) is 0 Å². The number of aliphatic hydroxyl groups is 1. The van der Waals surface area contributed by atoms with Crippen molar-refractivity contribution in [3.63, 3.8) is 0 Å². The van der Waals surface area contributed by atoms with Crippen LogP contribution in [0.15, 0.2) is 24.3 Å². The van der Waals surface area contributed by atoms with Crippen LogP contribution in [-0.2, 0) is 0 Å². The van der Waals surface area contributed by atoms with E-state index in [1.165, 1.54) is 11.3 Å². The van der Waals surface area contributed by atoms with Gasteiger partial charge >= 0.3 is 0 Å². The zero-order valence-electron chi connectivity index (χ0n) is 12.5. The number of unbranched alkanes of at least 4 members (excludes halogenated alkanes) is 1. The van der Waals surface area contributed by atoms with Crippen LogP contribution in [-0.4, -0.2) is 30.3 Å². The Bertz CT molecular complexity index is 377. The van der Waals surface area contributed by atoms with Gasteiger partial charge in [0.1, 0.15) is 0 Å². The van der Waals surface area contributed by atoms with Gasteiger partial charge < -0.3 is 15.7 Å². The van der Waals surface area contributed by atoms with E-state index in [-0.39, 0.29) is 6.61 Å². The summed E-state index contributed by atoms with van der Waals surface area (Å²) in [6.07, 6.45) is 3.03. The molecule has 3 N–H and O–H groups in total. The van der Waals surface area contributed by atoms with Crippen LogP contribution in [0.4, 0.5) is 5.69 Å². The molecule has 108 valence electrons. The summed E-state index contributed by atoms with van der Waals surface area (Å²) in [6.45, 7) is 8.37. The molecule has 3 nitrogen and oxygen atoms in total. The van der Waals surface area contributed by atoms with Crippen LogP contribution >= 0.6 is 0 Å². The molecule has 0 heterocycles. The molecule has 3 heteroatoms. The number of para-hydroxylation sites is 1. The molecule has 0 aromatic heterocycles. The molecule has 0 fully saturated rings. The molecular formula is C16H28N2O. The highest BCUT2D eigenvalue weighted by Crippen LogP contribution is 2.20. The lowest BCUT2D eigenvalue weighted by Crippen LogP contribution is -2.40. The fraction of sp³-hybridized carbons (Fsp3) is 0.625. The lowest BCUT2D eigenvalue weighted by Gasteiger charge is -2.26. The van der Waals surface area contributed by atoms with Gasteiger partial charge in [0.05, 0.1) is 6.61 Å². The summed E-state index contributed by atoms with van der Waals surface area (Å²) in [5, 5.41) is 9.13. The summed E-state index contributed by atoms with van der Waals surface area (Å²) >= 11 is 0. The van der Waals surface area contributed by atoms with Crippen LogP contribution in [0.25, 0.3) is 0 Å². The van der Waals surface area contributed by atoms with Crippen molar-refractivity contribution in [2.24, 2.45) is 5.73 Å². The number of nitrogens with two attached hydrogens (primary N) is 1. The first-order valence-electron chi connectivity index (χ1n) is 7.20. The van der Waals surface area contributed by atoms with Gasteiger partial charge in [0, 0.05) is 24.3 Å². The Morgan fingerprint density at radius 3 is 2.53 bits per heavy atom. The second kappa shape index (κ2) is 7.51.